The molecule has 4 aromatic rings. The molecule has 0 spiro atoms. The monoisotopic (exact) mass is 344 g/mol. The van der Waals surface area contributed by atoms with E-state index in [2.05, 4.69) is 29.0 Å². The van der Waals surface area contributed by atoms with Crippen molar-refractivity contribution in [1.29, 1.82) is 0 Å². The van der Waals surface area contributed by atoms with E-state index in [1.54, 1.807) is 0 Å². The second-order valence-electron chi connectivity index (χ2n) is 5.89. The minimum Gasteiger partial charge on any atom is -0.306 e. The molecule has 2 aromatic carbocycles. The molecular formula is C21H16N2OS. The van der Waals surface area contributed by atoms with Gasteiger partial charge in [0.1, 0.15) is 10.7 Å². The van der Waals surface area contributed by atoms with Crippen molar-refractivity contribution in [2.24, 2.45) is 0 Å². The highest BCUT2D eigenvalue weighted by Gasteiger charge is 2.09. The maximum absolute atomic E-state index is 12.4. The third kappa shape index (κ3) is 3.30. The zero-order valence-electron chi connectivity index (χ0n) is 13.7. The number of hydrogen-bond donors (Lipinski definition) is 1. The maximum atomic E-state index is 12.4. The van der Waals surface area contributed by atoms with Crippen LogP contribution in [0.2, 0.25) is 0 Å². The zero-order chi connectivity index (χ0) is 17.2. The molecule has 0 aliphatic carbocycles. The van der Waals surface area contributed by atoms with Crippen LogP contribution in [0.25, 0.3) is 32.8 Å². The second kappa shape index (κ2) is 6.49. The lowest BCUT2D eigenvalue weighted by Gasteiger charge is -1.96. The molecule has 0 aliphatic rings. The van der Waals surface area contributed by atoms with Crippen molar-refractivity contribution in [2.45, 2.75) is 6.92 Å². The minimum absolute atomic E-state index is 0.104. The van der Waals surface area contributed by atoms with Gasteiger partial charge in [-0.15, -0.1) is 11.3 Å². The van der Waals surface area contributed by atoms with Gasteiger partial charge in [0, 0.05) is 4.88 Å². The van der Waals surface area contributed by atoms with Crippen molar-refractivity contribution >= 4 is 33.7 Å². The standard InChI is InChI=1S/C21H16N2OS/c1-14-6-5-7-15(12-14)10-11-19-22-20(24)17-13-18(25-21(17)23-19)16-8-3-2-4-9-16/h2-13H,1H3,(H,22,23,24). The average molecular weight is 344 g/mol. The maximum Gasteiger partial charge on any atom is 0.259 e. The molecule has 2 heterocycles. The van der Waals surface area contributed by atoms with Crippen LogP contribution < -0.4 is 5.56 Å². The summed E-state index contributed by atoms with van der Waals surface area (Å²) in [5.41, 5.74) is 3.28. The van der Waals surface area contributed by atoms with Gasteiger partial charge in [0.25, 0.3) is 5.56 Å². The molecule has 1 N–H and O–H groups in total. The Morgan fingerprint density at radius 1 is 1.00 bits per heavy atom. The lowest BCUT2D eigenvalue weighted by molar-refractivity contribution is 1.15. The molecular weight excluding hydrogens is 328 g/mol. The third-order valence-corrected chi connectivity index (χ3v) is 5.03. The van der Waals surface area contributed by atoms with Gasteiger partial charge in [-0.3, -0.25) is 4.79 Å². The van der Waals surface area contributed by atoms with Gasteiger partial charge in [-0.2, -0.15) is 0 Å². The van der Waals surface area contributed by atoms with E-state index >= 15 is 0 Å². The van der Waals surface area contributed by atoms with E-state index in [0.717, 1.165) is 20.8 Å². The quantitative estimate of drug-likeness (QED) is 0.560. The van der Waals surface area contributed by atoms with E-state index in [9.17, 15) is 4.79 Å². The Morgan fingerprint density at radius 2 is 1.84 bits per heavy atom. The van der Waals surface area contributed by atoms with E-state index in [1.807, 2.05) is 60.7 Å². The molecule has 4 heteroatoms. The molecule has 0 radical (unpaired) electrons. The number of H-pyrrole nitrogens is 1. The first-order valence-electron chi connectivity index (χ1n) is 8.03. The Balaban J connectivity index is 1.73. The summed E-state index contributed by atoms with van der Waals surface area (Å²) < 4.78 is 0. The van der Waals surface area contributed by atoms with E-state index < -0.39 is 0 Å². The van der Waals surface area contributed by atoms with E-state index in [1.165, 1.54) is 16.9 Å². The Bertz CT molecular complexity index is 1120. The average Bonchev–Trinajstić information content (AvgIpc) is 3.06. The number of hydrogen-bond acceptors (Lipinski definition) is 3. The largest absolute Gasteiger partial charge is 0.306 e. The van der Waals surface area contributed by atoms with Gasteiger partial charge in [0.15, 0.2) is 0 Å². The highest BCUT2D eigenvalue weighted by molar-refractivity contribution is 7.21. The summed E-state index contributed by atoms with van der Waals surface area (Å²) in [5, 5.41) is 0.636. The number of nitrogens with one attached hydrogen (secondary N) is 1. The van der Waals surface area contributed by atoms with Crippen LogP contribution in [0.3, 0.4) is 0 Å². The lowest BCUT2D eigenvalue weighted by atomic mass is 10.1. The highest BCUT2D eigenvalue weighted by atomic mass is 32.1. The highest BCUT2D eigenvalue weighted by Crippen LogP contribution is 2.30. The Labute approximate surface area is 149 Å². The Morgan fingerprint density at radius 3 is 2.64 bits per heavy atom. The van der Waals surface area contributed by atoms with Crippen LogP contribution in [0.15, 0.2) is 65.5 Å². The molecule has 25 heavy (non-hydrogen) atoms. The molecule has 4 rings (SSSR count). The normalized spacial score (nSPS) is 11.4. The van der Waals surface area contributed by atoms with Gasteiger partial charge in [-0.05, 0) is 30.2 Å². The first-order valence-corrected chi connectivity index (χ1v) is 8.85. The van der Waals surface area contributed by atoms with Crippen molar-refractivity contribution < 1.29 is 0 Å². The minimum atomic E-state index is -0.104. The Hall–Kier alpha value is -2.98. The topological polar surface area (TPSA) is 45.8 Å². The van der Waals surface area contributed by atoms with E-state index in [4.69, 9.17) is 0 Å². The molecule has 0 unspecified atom stereocenters. The predicted molar refractivity (Wildman–Crippen MR) is 106 cm³/mol. The van der Waals surface area contributed by atoms with Crippen molar-refractivity contribution in [3.05, 3.63) is 88.0 Å². The molecule has 0 bridgehead atoms. The fourth-order valence-corrected chi connectivity index (χ4v) is 3.77. The summed E-state index contributed by atoms with van der Waals surface area (Å²) in [5.74, 6) is 0.570. The number of aryl methyl sites for hydroxylation is 1. The van der Waals surface area contributed by atoms with Crippen LogP contribution in [0, 0.1) is 6.92 Å². The SMILES string of the molecule is Cc1cccc(C=Cc2nc3sc(-c4ccccc4)cc3c(=O)[nH]2)c1. The molecule has 0 fully saturated rings. The van der Waals surface area contributed by atoms with Crippen molar-refractivity contribution in [1.82, 2.24) is 9.97 Å². The summed E-state index contributed by atoms with van der Waals surface area (Å²) in [6.45, 7) is 2.06. The molecule has 2 aromatic heterocycles. The molecule has 0 saturated carbocycles. The zero-order valence-corrected chi connectivity index (χ0v) is 14.5. The van der Waals surface area contributed by atoms with Crippen LogP contribution in [0.4, 0.5) is 0 Å². The number of fused-ring (bicyclic) bond motifs is 1. The molecule has 0 saturated heterocycles. The number of benzene rings is 2. The number of rotatable bonds is 3. The number of aromatic amines is 1. The summed E-state index contributed by atoms with van der Waals surface area (Å²) >= 11 is 1.54. The van der Waals surface area contributed by atoms with Gasteiger partial charge in [-0.1, -0.05) is 66.2 Å². The van der Waals surface area contributed by atoms with E-state index in [-0.39, 0.29) is 5.56 Å². The molecule has 3 nitrogen and oxygen atoms in total. The second-order valence-corrected chi connectivity index (χ2v) is 6.92. The van der Waals surface area contributed by atoms with Crippen molar-refractivity contribution in [3.8, 4) is 10.4 Å². The summed E-state index contributed by atoms with van der Waals surface area (Å²) in [6, 6.07) is 20.1. The van der Waals surface area contributed by atoms with Crippen LogP contribution in [-0.4, -0.2) is 9.97 Å². The van der Waals surface area contributed by atoms with Crippen LogP contribution >= 0.6 is 11.3 Å². The smallest absolute Gasteiger partial charge is 0.259 e. The molecule has 122 valence electrons. The molecule has 0 aliphatic heterocycles. The van der Waals surface area contributed by atoms with Crippen molar-refractivity contribution in [3.63, 3.8) is 0 Å². The summed E-state index contributed by atoms with van der Waals surface area (Å²) in [6.07, 6.45) is 3.81. The Kier molecular flexibility index (Phi) is 4.04. The van der Waals surface area contributed by atoms with Gasteiger partial charge in [0.05, 0.1) is 5.39 Å². The third-order valence-electron chi connectivity index (χ3n) is 3.95. The first-order chi connectivity index (χ1) is 12.2. The predicted octanol–water partition coefficient (Wildman–Crippen LogP) is 5.13. The van der Waals surface area contributed by atoms with Crippen molar-refractivity contribution in [2.75, 3.05) is 0 Å². The fraction of sp³-hybridized carbons (Fsp3) is 0.0476. The van der Waals surface area contributed by atoms with Gasteiger partial charge in [0.2, 0.25) is 0 Å². The van der Waals surface area contributed by atoms with Crippen LogP contribution in [0.5, 0.6) is 0 Å². The van der Waals surface area contributed by atoms with Crippen LogP contribution in [0.1, 0.15) is 17.0 Å². The number of nitrogens with zero attached hydrogens (tertiary/aromatic N) is 1. The van der Waals surface area contributed by atoms with Crippen LogP contribution in [-0.2, 0) is 0 Å². The lowest BCUT2D eigenvalue weighted by Crippen LogP contribution is -2.07. The first kappa shape index (κ1) is 15.5. The summed E-state index contributed by atoms with van der Waals surface area (Å²) in [4.78, 5) is 21.6. The molecule has 0 amide bonds. The fourth-order valence-electron chi connectivity index (χ4n) is 2.72. The van der Waals surface area contributed by atoms with E-state index in [0.29, 0.717) is 11.2 Å². The number of aromatic nitrogens is 2. The van der Waals surface area contributed by atoms with Gasteiger partial charge in [-0.25, -0.2) is 4.98 Å². The summed E-state index contributed by atoms with van der Waals surface area (Å²) in [7, 11) is 0. The molecule has 0 atom stereocenters. The number of thiophene rings is 1. The van der Waals surface area contributed by atoms with Gasteiger partial charge < -0.3 is 4.98 Å². The van der Waals surface area contributed by atoms with Gasteiger partial charge >= 0.3 is 0 Å².